The van der Waals surface area contributed by atoms with E-state index in [4.69, 9.17) is 9.84 Å². The Balaban J connectivity index is 2.07. The molecule has 0 bridgehead atoms. The highest BCUT2D eigenvalue weighted by Crippen LogP contribution is 2.11. The third-order valence-electron chi connectivity index (χ3n) is 2.51. The number of ether oxygens (including phenoxy) is 1. The van der Waals surface area contributed by atoms with Gasteiger partial charge in [0.2, 0.25) is 5.91 Å². The van der Waals surface area contributed by atoms with Crippen LogP contribution in [0.5, 0.6) is 5.75 Å². The monoisotopic (exact) mass is 269 g/mol. The molecule has 1 amide bonds. The molecule has 1 unspecified atom stereocenters. The van der Waals surface area contributed by atoms with E-state index in [1.807, 2.05) is 0 Å². The number of halogens is 1. The predicted molar refractivity (Wildman–Crippen MR) is 70.4 cm³/mol. The molecule has 2 N–H and O–H groups in total. The van der Waals surface area contributed by atoms with Crippen molar-refractivity contribution in [2.45, 2.75) is 32.3 Å². The van der Waals surface area contributed by atoms with E-state index >= 15 is 0 Å². The number of aliphatic hydroxyl groups excluding tert-OH is 1. The van der Waals surface area contributed by atoms with Crippen LogP contribution in [0.3, 0.4) is 0 Å². The molecule has 1 rings (SSSR count). The highest BCUT2D eigenvalue weighted by atomic mass is 19.1. The molecule has 1 aromatic rings. The Kier molecular flexibility index (Phi) is 6.89. The summed E-state index contributed by atoms with van der Waals surface area (Å²) in [5, 5.41) is 11.7. The second-order valence-electron chi connectivity index (χ2n) is 4.39. The molecule has 0 aromatic heterocycles. The lowest BCUT2D eigenvalue weighted by molar-refractivity contribution is -0.121. The molecule has 0 heterocycles. The Morgan fingerprint density at radius 1 is 1.42 bits per heavy atom. The van der Waals surface area contributed by atoms with Crippen molar-refractivity contribution in [3.63, 3.8) is 0 Å². The van der Waals surface area contributed by atoms with E-state index in [0.717, 1.165) is 0 Å². The third kappa shape index (κ3) is 7.41. The quantitative estimate of drug-likeness (QED) is 0.708. The van der Waals surface area contributed by atoms with Gasteiger partial charge in [0.15, 0.2) is 0 Å². The van der Waals surface area contributed by atoms with Crippen LogP contribution in [-0.4, -0.2) is 30.3 Å². The zero-order valence-corrected chi connectivity index (χ0v) is 11.1. The number of benzene rings is 1. The van der Waals surface area contributed by atoms with Crippen molar-refractivity contribution in [1.29, 1.82) is 0 Å². The van der Waals surface area contributed by atoms with Crippen LogP contribution in [-0.2, 0) is 4.79 Å². The molecular formula is C14H20FNO3. The van der Waals surface area contributed by atoms with E-state index in [0.29, 0.717) is 38.2 Å². The summed E-state index contributed by atoms with van der Waals surface area (Å²) in [7, 11) is 0. The van der Waals surface area contributed by atoms with Gasteiger partial charge < -0.3 is 15.2 Å². The van der Waals surface area contributed by atoms with Gasteiger partial charge in [0, 0.05) is 13.0 Å². The highest BCUT2D eigenvalue weighted by molar-refractivity contribution is 5.75. The van der Waals surface area contributed by atoms with Gasteiger partial charge in [0.05, 0.1) is 12.7 Å². The Morgan fingerprint density at radius 3 is 2.74 bits per heavy atom. The standard InChI is InChI=1S/C14H20FNO3/c1-11(17)8-9-16-14(18)3-2-10-19-13-6-4-12(15)5-7-13/h4-7,11,17H,2-3,8-10H2,1H3,(H,16,18). The zero-order valence-electron chi connectivity index (χ0n) is 11.1. The van der Waals surface area contributed by atoms with Gasteiger partial charge in [0.1, 0.15) is 11.6 Å². The maximum Gasteiger partial charge on any atom is 0.220 e. The van der Waals surface area contributed by atoms with Crippen molar-refractivity contribution in [2.24, 2.45) is 0 Å². The number of amides is 1. The molecular weight excluding hydrogens is 249 g/mol. The predicted octanol–water partition coefficient (Wildman–Crippen LogP) is 1.87. The van der Waals surface area contributed by atoms with Crippen molar-refractivity contribution in [3.05, 3.63) is 30.1 Å². The first-order valence-electron chi connectivity index (χ1n) is 6.41. The van der Waals surface area contributed by atoms with Gasteiger partial charge in [-0.2, -0.15) is 0 Å². The van der Waals surface area contributed by atoms with Crippen molar-refractivity contribution in [2.75, 3.05) is 13.2 Å². The van der Waals surface area contributed by atoms with Crippen LogP contribution < -0.4 is 10.1 Å². The van der Waals surface area contributed by atoms with Gasteiger partial charge in [-0.25, -0.2) is 4.39 Å². The van der Waals surface area contributed by atoms with Crippen LogP contribution in [0.1, 0.15) is 26.2 Å². The molecule has 0 aliphatic carbocycles. The van der Waals surface area contributed by atoms with Crippen molar-refractivity contribution < 1.29 is 19.0 Å². The lowest BCUT2D eigenvalue weighted by Crippen LogP contribution is -2.26. The molecule has 0 aliphatic heterocycles. The summed E-state index contributed by atoms with van der Waals surface area (Å²) in [6.45, 7) is 2.58. The first-order valence-corrected chi connectivity index (χ1v) is 6.41. The summed E-state index contributed by atoms with van der Waals surface area (Å²) < 4.78 is 18.0. The van der Waals surface area contributed by atoms with E-state index in [9.17, 15) is 9.18 Å². The van der Waals surface area contributed by atoms with Crippen molar-refractivity contribution in [3.8, 4) is 5.75 Å². The summed E-state index contributed by atoms with van der Waals surface area (Å²) in [4.78, 5) is 11.4. The maximum absolute atomic E-state index is 12.6. The van der Waals surface area contributed by atoms with E-state index in [-0.39, 0.29) is 11.7 Å². The van der Waals surface area contributed by atoms with Crippen LogP contribution in [0.2, 0.25) is 0 Å². The molecule has 5 heteroatoms. The average molecular weight is 269 g/mol. The average Bonchev–Trinajstić information content (AvgIpc) is 2.36. The fourth-order valence-corrected chi connectivity index (χ4v) is 1.46. The number of carbonyl (C=O) groups is 1. The van der Waals surface area contributed by atoms with Gasteiger partial charge >= 0.3 is 0 Å². The smallest absolute Gasteiger partial charge is 0.220 e. The third-order valence-corrected chi connectivity index (χ3v) is 2.51. The minimum atomic E-state index is -0.401. The number of aliphatic hydroxyl groups is 1. The maximum atomic E-state index is 12.6. The van der Waals surface area contributed by atoms with E-state index in [1.54, 1.807) is 19.1 Å². The van der Waals surface area contributed by atoms with Crippen LogP contribution >= 0.6 is 0 Å². The molecule has 0 spiro atoms. The summed E-state index contributed by atoms with van der Waals surface area (Å²) in [5.41, 5.74) is 0. The van der Waals surface area contributed by atoms with E-state index in [1.165, 1.54) is 12.1 Å². The molecule has 0 radical (unpaired) electrons. The van der Waals surface area contributed by atoms with Gasteiger partial charge in [0.25, 0.3) is 0 Å². The molecule has 0 fully saturated rings. The van der Waals surface area contributed by atoms with Gasteiger partial charge in [-0.05, 0) is 44.0 Å². The van der Waals surface area contributed by atoms with Crippen LogP contribution in [0.25, 0.3) is 0 Å². The fourth-order valence-electron chi connectivity index (χ4n) is 1.46. The highest BCUT2D eigenvalue weighted by Gasteiger charge is 2.02. The first-order chi connectivity index (χ1) is 9.08. The molecule has 106 valence electrons. The Hall–Kier alpha value is -1.62. The van der Waals surface area contributed by atoms with Crippen molar-refractivity contribution >= 4 is 5.91 Å². The molecule has 0 aliphatic rings. The fraction of sp³-hybridized carbons (Fsp3) is 0.500. The molecule has 0 saturated carbocycles. The normalized spacial score (nSPS) is 11.9. The van der Waals surface area contributed by atoms with Crippen LogP contribution in [0, 0.1) is 5.82 Å². The summed E-state index contributed by atoms with van der Waals surface area (Å²) >= 11 is 0. The van der Waals surface area contributed by atoms with Gasteiger partial charge in [-0.3, -0.25) is 4.79 Å². The SMILES string of the molecule is CC(O)CCNC(=O)CCCOc1ccc(F)cc1. The largest absolute Gasteiger partial charge is 0.494 e. The molecule has 0 saturated heterocycles. The second-order valence-corrected chi connectivity index (χ2v) is 4.39. The number of hydrogen-bond acceptors (Lipinski definition) is 3. The first kappa shape index (κ1) is 15.4. The number of nitrogens with one attached hydrogen (secondary N) is 1. The number of rotatable bonds is 8. The molecule has 4 nitrogen and oxygen atoms in total. The Labute approximate surface area is 112 Å². The number of hydrogen-bond donors (Lipinski definition) is 2. The second kappa shape index (κ2) is 8.48. The summed E-state index contributed by atoms with van der Waals surface area (Å²) in [5.74, 6) is 0.240. The van der Waals surface area contributed by atoms with Crippen molar-refractivity contribution in [1.82, 2.24) is 5.32 Å². The van der Waals surface area contributed by atoms with E-state index < -0.39 is 6.10 Å². The Bertz CT molecular complexity index is 379. The molecule has 19 heavy (non-hydrogen) atoms. The van der Waals surface area contributed by atoms with Crippen LogP contribution in [0.15, 0.2) is 24.3 Å². The minimum Gasteiger partial charge on any atom is -0.494 e. The summed E-state index contributed by atoms with van der Waals surface area (Å²) in [6, 6.07) is 5.77. The van der Waals surface area contributed by atoms with Gasteiger partial charge in [-0.15, -0.1) is 0 Å². The van der Waals surface area contributed by atoms with Crippen LogP contribution in [0.4, 0.5) is 4.39 Å². The summed E-state index contributed by atoms with van der Waals surface area (Å²) in [6.07, 6.45) is 1.12. The Morgan fingerprint density at radius 2 is 2.11 bits per heavy atom. The van der Waals surface area contributed by atoms with E-state index in [2.05, 4.69) is 5.32 Å². The topological polar surface area (TPSA) is 58.6 Å². The minimum absolute atomic E-state index is 0.0524. The van der Waals surface area contributed by atoms with Gasteiger partial charge in [-0.1, -0.05) is 0 Å². The molecule has 1 atom stereocenters. The zero-order chi connectivity index (χ0) is 14.1. The number of carbonyl (C=O) groups excluding carboxylic acids is 1. The molecule has 1 aromatic carbocycles. The lowest BCUT2D eigenvalue weighted by atomic mass is 10.2. The lowest BCUT2D eigenvalue weighted by Gasteiger charge is -2.08.